The van der Waals surface area contributed by atoms with E-state index in [9.17, 15) is 4.79 Å². The Morgan fingerprint density at radius 3 is 2.79 bits per heavy atom. The Kier molecular flexibility index (Phi) is 5.87. The van der Waals surface area contributed by atoms with Gasteiger partial charge in [-0.2, -0.15) is 5.26 Å². The van der Waals surface area contributed by atoms with Crippen molar-refractivity contribution < 1.29 is 9.53 Å². The molecule has 0 aliphatic rings. The van der Waals surface area contributed by atoms with Gasteiger partial charge in [0.1, 0.15) is 11.8 Å². The van der Waals surface area contributed by atoms with Crippen molar-refractivity contribution in [3.8, 4) is 11.8 Å². The molecule has 0 fully saturated rings. The molecule has 0 aliphatic heterocycles. The summed E-state index contributed by atoms with van der Waals surface area (Å²) in [6, 6.07) is 6.98. The summed E-state index contributed by atoms with van der Waals surface area (Å²) in [6.07, 6.45) is 1.98. The lowest BCUT2D eigenvalue weighted by Crippen LogP contribution is -2.24. The number of hydrogen-bond acceptors (Lipinski definition) is 3. The molecule has 0 heterocycles. The summed E-state index contributed by atoms with van der Waals surface area (Å²) >= 11 is 0. The minimum atomic E-state index is -0.152. The highest BCUT2D eigenvalue weighted by Gasteiger charge is 2.10. The van der Waals surface area contributed by atoms with Crippen LogP contribution in [0.3, 0.4) is 0 Å². The molecule has 0 aromatic heterocycles. The van der Waals surface area contributed by atoms with Gasteiger partial charge >= 0.3 is 0 Å². The third-order valence-electron chi connectivity index (χ3n) is 2.54. The van der Waals surface area contributed by atoms with Crippen LogP contribution in [0.15, 0.2) is 18.2 Å². The molecule has 1 N–H and O–H groups in total. The molecule has 0 aliphatic carbocycles. The van der Waals surface area contributed by atoms with E-state index >= 15 is 0 Å². The second-order valence-corrected chi connectivity index (χ2v) is 4.60. The van der Waals surface area contributed by atoms with E-state index in [0.29, 0.717) is 23.4 Å². The zero-order chi connectivity index (χ0) is 14.3. The van der Waals surface area contributed by atoms with Crippen LogP contribution < -0.4 is 10.1 Å². The summed E-state index contributed by atoms with van der Waals surface area (Å²) in [5.41, 5.74) is 0.876. The van der Waals surface area contributed by atoms with E-state index in [2.05, 4.69) is 18.3 Å². The molecule has 0 bridgehead atoms. The van der Waals surface area contributed by atoms with Crippen molar-refractivity contribution in [2.24, 2.45) is 0 Å². The van der Waals surface area contributed by atoms with Gasteiger partial charge in [0.25, 0.3) is 5.91 Å². The number of hydrogen-bond donors (Lipinski definition) is 1. The molecular formula is C15H20N2O2. The molecule has 0 atom stereocenters. The van der Waals surface area contributed by atoms with Gasteiger partial charge in [0.2, 0.25) is 0 Å². The van der Waals surface area contributed by atoms with E-state index in [-0.39, 0.29) is 12.0 Å². The Balaban J connectivity index is 2.82. The van der Waals surface area contributed by atoms with Gasteiger partial charge in [0.05, 0.1) is 11.7 Å². The normalized spacial score (nSPS) is 10.1. The second-order valence-electron chi connectivity index (χ2n) is 4.60. The van der Waals surface area contributed by atoms with Crippen LogP contribution in [0.1, 0.15) is 49.5 Å². The first-order chi connectivity index (χ1) is 9.08. The molecule has 4 nitrogen and oxygen atoms in total. The quantitative estimate of drug-likeness (QED) is 0.800. The van der Waals surface area contributed by atoms with Crippen molar-refractivity contribution in [1.82, 2.24) is 5.32 Å². The van der Waals surface area contributed by atoms with Crippen LogP contribution in [-0.2, 0) is 0 Å². The number of carbonyl (C=O) groups excluding carboxylic acids is 1. The molecular weight excluding hydrogens is 240 g/mol. The molecule has 1 aromatic carbocycles. The lowest BCUT2D eigenvalue weighted by molar-refractivity contribution is 0.0953. The molecule has 0 saturated carbocycles. The molecule has 0 radical (unpaired) electrons. The average Bonchev–Trinajstić information content (AvgIpc) is 2.38. The highest BCUT2D eigenvalue weighted by Crippen LogP contribution is 2.20. The number of nitrogens with zero attached hydrogens (tertiary/aromatic N) is 1. The molecule has 1 rings (SSSR count). The van der Waals surface area contributed by atoms with E-state index in [4.69, 9.17) is 10.00 Å². The zero-order valence-corrected chi connectivity index (χ0v) is 11.7. The number of carbonyl (C=O) groups is 1. The Morgan fingerprint density at radius 1 is 1.47 bits per heavy atom. The first-order valence-corrected chi connectivity index (χ1v) is 6.57. The van der Waals surface area contributed by atoms with E-state index < -0.39 is 0 Å². The van der Waals surface area contributed by atoms with Crippen molar-refractivity contribution in [1.29, 1.82) is 5.26 Å². The first-order valence-electron chi connectivity index (χ1n) is 6.57. The van der Waals surface area contributed by atoms with Gasteiger partial charge < -0.3 is 10.1 Å². The molecule has 102 valence electrons. The van der Waals surface area contributed by atoms with Crippen LogP contribution in [0.4, 0.5) is 0 Å². The smallest absolute Gasteiger partial charge is 0.251 e. The summed E-state index contributed by atoms with van der Waals surface area (Å²) < 4.78 is 5.52. The summed E-state index contributed by atoms with van der Waals surface area (Å²) in [5, 5.41) is 11.9. The predicted molar refractivity (Wildman–Crippen MR) is 74.2 cm³/mol. The van der Waals surface area contributed by atoms with Crippen molar-refractivity contribution in [2.45, 2.75) is 39.7 Å². The van der Waals surface area contributed by atoms with Crippen LogP contribution in [0, 0.1) is 11.3 Å². The Hall–Kier alpha value is -2.02. The van der Waals surface area contributed by atoms with Crippen molar-refractivity contribution in [3.63, 3.8) is 0 Å². The van der Waals surface area contributed by atoms with Crippen LogP contribution in [0.5, 0.6) is 5.75 Å². The fourth-order valence-electron chi connectivity index (χ4n) is 1.60. The van der Waals surface area contributed by atoms with E-state index in [1.165, 1.54) is 0 Å². The standard InChI is InChI=1S/C15H20N2O2/c1-4-5-8-17-15(18)12-6-7-14(19-11(2)3)13(9-12)10-16/h6-7,9,11H,4-5,8H2,1-3H3,(H,17,18). The Labute approximate surface area is 114 Å². The molecule has 19 heavy (non-hydrogen) atoms. The van der Waals surface area contributed by atoms with Gasteiger partial charge in [-0.1, -0.05) is 13.3 Å². The van der Waals surface area contributed by atoms with Crippen LogP contribution in [0.25, 0.3) is 0 Å². The predicted octanol–water partition coefficient (Wildman–Crippen LogP) is 2.88. The van der Waals surface area contributed by atoms with Gasteiger partial charge in [0.15, 0.2) is 0 Å². The van der Waals surface area contributed by atoms with Gasteiger partial charge in [-0.05, 0) is 38.5 Å². The molecule has 4 heteroatoms. The number of rotatable bonds is 6. The number of amides is 1. The van der Waals surface area contributed by atoms with Gasteiger partial charge in [-0.25, -0.2) is 0 Å². The monoisotopic (exact) mass is 260 g/mol. The molecule has 1 amide bonds. The fraction of sp³-hybridized carbons (Fsp3) is 0.467. The molecule has 0 spiro atoms. The third-order valence-corrected chi connectivity index (χ3v) is 2.54. The number of nitriles is 1. The number of ether oxygens (including phenoxy) is 1. The fourth-order valence-corrected chi connectivity index (χ4v) is 1.60. The van der Waals surface area contributed by atoms with Gasteiger partial charge in [-0.3, -0.25) is 4.79 Å². The Morgan fingerprint density at radius 2 is 2.21 bits per heavy atom. The summed E-state index contributed by atoms with van der Waals surface area (Å²) in [5.74, 6) is 0.364. The summed E-state index contributed by atoms with van der Waals surface area (Å²) in [7, 11) is 0. The van der Waals surface area contributed by atoms with E-state index in [0.717, 1.165) is 12.8 Å². The first kappa shape index (κ1) is 15.0. The number of unbranched alkanes of at least 4 members (excludes halogenated alkanes) is 1. The van der Waals surface area contributed by atoms with E-state index in [1.54, 1.807) is 18.2 Å². The van der Waals surface area contributed by atoms with Crippen molar-refractivity contribution in [3.05, 3.63) is 29.3 Å². The highest BCUT2D eigenvalue weighted by atomic mass is 16.5. The third kappa shape index (κ3) is 4.63. The number of benzene rings is 1. The van der Waals surface area contributed by atoms with Crippen LogP contribution in [0.2, 0.25) is 0 Å². The minimum Gasteiger partial charge on any atom is -0.490 e. The lowest BCUT2D eigenvalue weighted by atomic mass is 10.1. The van der Waals surface area contributed by atoms with Crippen molar-refractivity contribution >= 4 is 5.91 Å². The lowest BCUT2D eigenvalue weighted by Gasteiger charge is -2.12. The van der Waals surface area contributed by atoms with Crippen molar-refractivity contribution in [2.75, 3.05) is 6.54 Å². The van der Waals surface area contributed by atoms with E-state index in [1.807, 2.05) is 13.8 Å². The maximum Gasteiger partial charge on any atom is 0.251 e. The maximum atomic E-state index is 11.9. The van der Waals surface area contributed by atoms with Gasteiger partial charge in [0, 0.05) is 12.1 Å². The molecule has 1 aromatic rings. The SMILES string of the molecule is CCCCNC(=O)c1ccc(OC(C)C)c(C#N)c1. The average molecular weight is 260 g/mol. The summed E-state index contributed by atoms with van der Waals surface area (Å²) in [4.78, 5) is 11.9. The second kappa shape index (κ2) is 7.42. The van der Waals surface area contributed by atoms with Gasteiger partial charge in [-0.15, -0.1) is 0 Å². The van der Waals surface area contributed by atoms with Crippen LogP contribution >= 0.6 is 0 Å². The Bertz CT molecular complexity index is 476. The minimum absolute atomic E-state index is 0.00340. The largest absolute Gasteiger partial charge is 0.490 e. The molecule has 0 unspecified atom stereocenters. The topological polar surface area (TPSA) is 62.1 Å². The number of nitrogens with one attached hydrogen (secondary N) is 1. The highest BCUT2D eigenvalue weighted by molar-refractivity contribution is 5.94. The van der Waals surface area contributed by atoms with Crippen LogP contribution in [-0.4, -0.2) is 18.6 Å². The zero-order valence-electron chi connectivity index (χ0n) is 11.7. The summed E-state index contributed by atoms with van der Waals surface area (Å²) in [6.45, 7) is 6.51. The maximum absolute atomic E-state index is 11.9. The molecule has 0 saturated heterocycles.